The zero-order valence-electron chi connectivity index (χ0n) is 11.6. The lowest BCUT2D eigenvalue weighted by Crippen LogP contribution is -2.29. The number of fused-ring (bicyclic) bond motifs is 1. The number of anilines is 1. The van der Waals surface area contributed by atoms with E-state index < -0.39 is 0 Å². The second kappa shape index (κ2) is 6.82. The van der Waals surface area contributed by atoms with E-state index in [0.29, 0.717) is 31.1 Å². The van der Waals surface area contributed by atoms with Crippen LogP contribution in [0, 0.1) is 0 Å². The van der Waals surface area contributed by atoms with Gasteiger partial charge in [0, 0.05) is 25.6 Å². The molecule has 0 saturated carbocycles. The van der Waals surface area contributed by atoms with Crippen LogP contribution < -0.4 is 4.90 Å². The molecule has 2 rings (SSSR count). The molecule has 0 amide bonds. The number of para-hydroxylation sites is 1. The van der Waals surface area contributed by atoms with Crippen LogP contribution in [0.5, 0.6) is 0 Å². The van der Waals surface area contributed by atoms with E-state index in [-0.39, 0.29) is 0 Å². The molecule has 0 atom stereocenters. The van der Waals surface area contributed by atoms with Gasteiger partial charge in [-0.25, -0.2) is 4.98 Å². The molecule has 0 bridgehead atoms. The van der Waals surface area contributed by atoms with E-state index in [9.17, 15) is 4.79 Å². The zero-order valence-corrected chi connectivity index (χ0v) is 11.6. The minimum Gasteiger partial charge on any atom is -0.383 e. The Labute approximate surface area is 118 Å². The van der Waals surface area contributed by atoms with Crippen molar-refractivity contribution in [2.24, 2.45) is 0 Å². The summed E-state index contributed by atoms with van der Waals surface area (Å²) in [7, 11) is 1.65. The number of nitrogens with zero attached hydrogens (tertiary/aromatic N) is 2. The van der Waals surface area contributed by atoms with Gasteiger partial charge in [0.05, 0.1) is 17.7 Å². The quantitative estimate of drug-likeness (QED) is 0.573. The van der Waals surface area contributed by atoms with Gasteiger partial charge in [-0.3, -0.25) is 4.79 Å². The molecular weight excluding hydrogens is 252 g/mol. The average molecular weight is 270 g/mol. The fourth-order valence-corrected chi connectivity index (χ4v) is 2.10. The first-order chi connectivity index (χ1) is 9.80. The molecule has 20 heavy (non-hydrogen) atoms. The summed E-state index contributed by atoms with van der Waals surface area (Å²) in [6.45, 7) is 5.61. The van der Waals surface area contributed by atoms with E-state index >= 15 is 0 Å². The SMILES string of the molecule is C=CCN(CCOC)c1nc2ccccc2cc1C=O. The minimum atomic E-state index is 0.570. The lowest BCUT2D eigenvalue weighted by molar-refractivity contribution is 0.112. The standard InChI is InChI=1S/C16H18N2O2/c1-3-8-18(9-10-20-2)16-14(12-19)11-13-6-4-5-7-15(13)17-16/h3-7,11-12H,1,8-10H2,2H3. The van der Waals surface area contributed by atoms with Crippen LogP contribution in [-0.4, -0.2) is 38.1 Å². The molecule has 0 spiro atoms. The number of carbonyl (C=O) groups excluding carboxylic acids is 1. The molecule has 1 aromatic heterocycles. The Balaban J connectivity index is 2.47. The predicted molar refractivity (Wildman–Crippen MR) is 81.4 cm³/mol. The van der Waals surface area contributed by atoms with E-state index in [2.05, 4.69) is 11.6 Å². The molecule has 0 N–H and O–H groups in total. The fourth-order valence-electron chi connectivity index (χ4n) is 2.10. The number of ether oxygens (including phenoxy) is 1. The smallest absolute Gasteiger partial charge is 0.153 e. The molecule has 4 heteroatoms. The summed E-state index contributed by atoms with van der Waals surface area (Å²) in [5.41, 5.74) is 1.46. The number of carbonyl (C=O) groups is 1. The third-order valence-corrected chi connectivity index (χ3v) is 3.07. The molecule has 2 aromatic rings. The number of benzene rings is 1. The van der Waals surface area contributed by atoms with Gasteiger partial charge in [-0.1, -0.05) is 24.3 Å². The summed E-state index contributed by atoms with van der Waals surface area (Å²) in [4.78, 5) is 17.9. The highest BCUT2D eigenvalue weighted by atomic mass is 16.5. The molecule has 0 saturated heterocycles. The van der Waals surface area contributed by atoms with Crippen molar-refractivity contribution >= 4 is 23.0 Å². The normalized spacial score (nSPS) is 10.4. The number of pyridine rings is 1. The fraction of sp³-hybridized carbons (Fsp3) is 0.250. The van der Waals surface area contributed by atoms with Crippen molar-refractivity contribution in [1.82, 2.24) is 4.98 Å². The Morgan fingerprint density at radius 1 is 1.40 bits per heavy atom. The van der Waals surface area contributed by atoms with E-state index in [1.54, 1.807) is 13.2 Å². The Bertz CT molecular complexity index is 610. The van der Waals surface area contributed by atoms with Crippen LogP contribution >= 0.6 is 0 Å². The molecule has 0 aliphatic carbocycles. The Morgan fingerprint density at radius 2 is 2.20 bits per heavy atom. The monoisotopic (exact) mass is 270 g/mol. The van der Waals surface area contributed by atoms with E-state index in [1.165, 1.54) is 0 Å². The van der Waals surface area contributed by atoms with E-state index in [0.717, 1.165) is 17.2 Å². The second-order valence-corrected chi connectivity index (χ2v) is 4.44. The molecule has 104 valence electrons. The molecule has 1 aromatic carbocycles. The van der Waals surface area contributed by atoms with Crippen LogP contribution in [0.2, 0.25) is 0 Å². The summed E-state index contributed by atoms with van der Waals surface area (Å²) in [6, 6.07) is 9.63. The number of rotatable bonds is 7. The summed E-state index contributed by atoms with van der Waals surface area (Å²) < 4.78 is 5.11. The van der Waals surface area contributed by atoms with Crippen LogP contribution in [0.15, 0.2) is 43.0 Å². The highest BCUT2D eigenvalue weighted by molar-refractivity contribution is 5.91. The molecule has 0 aliphatic heterocycles. The molecule has 0 unspecified atom stereocenters. The Morgan fingerprint density at radius 3 is 2.90 bits per heavy atom. The van der Waals surface area contributed by atoms with Crippen molar-refractivity contribution < 1.29 is 9.53 Å². The van der Waals surface area contributed by atoms with Crippen LogP contribution in [0.4, 0.5) is 5.82 Å². The van der Waals surface area contributed by atoms with Crippen LogP contribution in [-0.2, 0) is 4.74 Å². The predicted octanol–water partition coefficient (Wildman–Crippen LogP) is 2.69. The van der Waals surface area contributed by atoms with Crippen molar-refractivity contribution in [2.45, 2.75) is 0 Å². The number of hydrogen-bond donors (Lipinski definition) is 0. The first kappa shape index (κ1) is 14.2. The number of hydrogen-bond acceptors (Lipinski definition) is 4. The summed E-state index contributed by atoms with van der Waals surface area (Å²) >= 11 is 0. The van der Waals surface area contributed by atoms with Crippen molar-refractivity contribution in [2.75, 3.05) is 31.7 Å². The summed E-state index contributed by atoms with van der Waals surface area (Å²) in [5, 5.41) is 0.962. The second-order valence-electron chi connectivity index (χ2n) is 4.44. The van der Waals surface area contributed by atoms with E-state index in [1.807, 2.05) is 35.2 Å². The highest BCUT2D eigenvalue weighted by Crippen LogP contribution is 2.22. The van der Waals surface area contributed by atoms with Gasteiger partial charge in [0.1, 0.15) is 5.82 Å². The van der Waals surface area contributed by atoms with Crippen LogP contribution in [0.1, 0.15) is 10.4 Å². The third kappa shape index (κ3) is 3.03. The van der Waals surface area contributed by atoms with Gasteiger partial charge in [0.15, 0.2) is 6.29 Å². The van der Waals surface area contributed by atoms with Crippen LogP contribution in [0.25, 0.3) is 10.9 Å². The Kier molecular flexibility index (Phi) is 4.85. The maximum Gasteiger partial charge on any atom is 0.153 e. The lowest BCUT2D eigenvalue weighted by Gasteiger charge is -2.23. The maximum atomic E-state index is 11.3. The lowest BCUT2D eigenvalue weighted by atomic mass is 10.1. The molecule has 0 aliphatic rings. The summed E-state index contributed by atoms with van der Waals surface area (Å²) in [5.74, 6) is 0.677. The van der Waals surface area contributed by atoms with Gasteiger partial charge in [-0.15, -0.1) is 6.58 Å². The van der Waals surface area contributed by atoms with Crippen molar-refractivity contribution in [3.05, 3.63) is 48.6 Å². The average Bonchev–Trinajstić information content (AvgIpc) is 2.50. The van der Waals surface area contributed by atoms with E-state index in [4.69, 9.17) is 4.74 Å². The van der Waals surface area contributed by atoms with Gasteiger partial charge >= 0.3 is 0 Å². The van der Waals surface area contributed by atoms with Crippen molar-refractivity contribution in [1.29, 1.82) is 0 Å². The minimum absolute atomic E-state index is 0.570. The number of aromatic nitrogens is 1. The first-order valence-corrected chi connectivity index (χ1v) is 6.50. The molecule has 4 nitrogen and oxygen atoms in total. The van der Waals surface area contributed by atoms with Gasteiger partial charge < -0.3 is 9.64 Å². The topological polar surface area (TPSA) is 42.4 Å². The van der Waals surface area contributed by atoms with Gasteiger partial charge in [-0.05, 0) is 12.1 Å². The van der Waals surface area contributed by atoms with Crippen LogP contribution in [0.3, 0.4) is 0 Å². The van der Waals surface area contributed by atoms with Crippen molar-refractivity contribution in [3.8, 4) is 0 Å². The molecule has 0 radical (unpaired) electrons. The number of methoxy groups -OCH3 is 1. The maximum absolute atomic E-state index is 11.3. The van der Waals surface area contributed by atoms with Gasteiger partial charge in [0.2, 0.25) is 0 Å². The van der Waals surface area contributed by atoms with Gasteiger partial charge in [-0.2, -0.15) is 0 Å². The number of aldehydes is 1. The van der Waals surface area contributed by atoms with Gasteiger partial charge in [0.25, 0.3) is 0 Å². The summed E-state index contributed by atoms with van der Waals surface area (Å²) in [6.07, 6.45) is 2.64. The largest absolute Gasteiger partial charge is 0.383 e. The Hall–Kier alpha value is -2.20. The third-order valence-electron chi connectivity index (χ3n) is 3.07. The zero-order chi connectivity index (χ0) is 14.4. The van der Waals surface area contributed by atoms with Crippen molar-refractivity contribution in [3.63, 3.8) is 0 Å². The molecule has 0 fully saturated rings. The molecule has 1 heterocycles. The first-order valence-electron chi connectivity index (χ1n) is 6.50. The molecular formula is C16H18N2O2. The highest BCUT2D eigenvalue weighted by Gasteiger charge is 2.13.